The Labute approximate surface area is 141 Å². The van der Waals surface area contributed by atoms with Crippen LogP contribution in [0.4, 0.5) is 0 Å². The highest BCUT2D eigenvalue weighted by molar-refractivity contribution is 5.98. The van der Waals surface area contributed by atoms with Gasteiger partial charge in [-0.15, -0.1) is 0 Å². The lowest BCUT2D eigenvalue weighted by Gasteiger charge is -2.15. The fourth-order valence-electron chi connectivity index (χ4n) is 2.77. The zero-order valence-electron chi connectivity index (χ0n) is 13.8. The minimum atomic E-state index is -0.272. The van der Waals surface area contributed by atoms with E-state index in [1.54, 1.807) is 12.1 Å². The lowest BCUT2D eigenvalue weighted by molar-refractivity contribution is 0.0792. The Kier molecular flexibility index (Phi) is 4.89. The summed E-state index contributed by atoms with van der Waals surface area (Å²) in [6.07, 6.45) is 3.60. The molecule has 0 aliphatic carbocycles. The number of likely N-dealkylation sites (tertiary alicyclic amines) is 1. The number of pyridine rings is 1. The number of rotatable bonds is 4. The summed E-state index contributed by atoms with van der Waals surface area (Å²) in [5.74, 6) is -0.297. The zero-order valence-corrected chi connectivity index (χ0v) is 13.8. The maximum atomic E-state index is 12.4. The Morgan fingerprint density at radius 1 is 1.12 bits per heavy atom. The first kappa shape index (κ1) is 16.2. The van der Waals surface area contributed by atoms with Crippen molar-refractivity contribution in [2.75, 3.05) is 13.1 Å². The van der Waals surface area contributed by atoms with E-state index >= 15 is 0 Å². The van der Waals surface area contributed by atoms with E-state index in [-0.39, 0.29) is 17.5 Å². The van der Waals surface area contributed by atoms with Gasteiger partial charge in [0.2, 0.25) is 0 Å². The molecule has 5 heteroatoms. The van der Waals surface area contributed by atoms with Crippen molar-refractivity contribution in [3.05, 3.63) is 65.0 Å². The summed E-state index contributed by atoms with van der Waals surface area (Å²) in [5.41, 5.74) is 3.00. The van der Waals surface area contributed by atoms with Crippen LogP contribution in [0.5, 0.6) is 0 Å². The van der Waals surface area contributed by atoms with Gasteiger partial charge in [0.25, 0.3) is 11.8 Å². The number of amides is 2. The number of hydrogen-bond donors (Lipinski definition) is 1. The fraction of sp³-hybridized carbons (Fsp3) is 0.316. The van der Waals surface area contributed by atoms with Crippen molar-refractivity contribution in [1.82, 2.24) is 15.2 Å². The average molecular weight is 323 g/mol. The summed E-state index contributed by atoms with van der Waals surface area (Å²) in [6, 6.07) is 11.2. The Balaban J connectivity index is 1.65. The van der Waals surface area contributed by atoms with Crippen LogP contribution in [-0.4, -0.2) is 34.8 Å². The van der Waals surface area contributed by atoms with Crippen LogP contribution in [0.25, 0.3) is 0 Å². The van der Waals surface area contributed by atoms with Crippen molar-refractivity contribution in [3.8, 4) is 0 Å². The lowest BCUT2D eigenvalue weighted by atomic mass is 10.1. The monoisotopic (exact) mass is 323 g/mol. The third-order valence-corrected chi connectivity index (χ3v) is 4.21. The van der Waals surface area contributed by atoms with E-state index in [0.29, 0.717) is 12.1 Å². The summed E-state index contributed by atoms with van der Waals surface area (Å²) >= 11 is 0. The second-order valence-electron chi connectivity index (χ2n) is 6.10. The highest BCUT2D eigenvalue weighted by atomic mass is 16.2. The Hall–Kier alpha value is -2.69. The van der Waals surface area contributed by atoms with Crippen LogP contribution in [-0.2, 0) is 6.54 Å². The van der Waals surface area contributed by atoms with Gasteiger partial charge in [-0.05, 0) is 37.5 Å². The molecule has 1 fully saturated rings. The number of nitrogens with one attached hydrogen (secondary N) is 1. The third-order valence-electron chi connectivity index (χ3n) is 4.21. The minimum Gasteiger partial charge on any atom is -0.347 e. The first-order valence-corrected chi connectivity index (χ1v) is 8.22. The van der Waals surface area contributed by atoms with Crippen LogP contribution in [0.1, 0.15) is 44.8 Å². The SMILES string of the molecule is Cc1ccc(CNC(=O)c2cc(C(=O)N3CCCC3)ccn2)cc1. The van der Waals surface area contributed by atoms with E-state index in [9.17, 15) is 9.59 Å². The molecule has 2 heterocycles. The van der Waals surface area contributed by atoms with Crippen LogP contribution in [0, 0.1) is 6.92 Å². The number of carbonyl (C=O) groups excluding carboxylic acids is 2. The molecule has 1 saturated heterocycles. The number of aryl methyl sites for hydroxylation is 1. The standard InChI is InChI=1S/C19H21N3O2/c1-14-4-6-15(7-5-14)13-21-18(23)17-12-16(8-9-20-17)19(24)22-10-2-3-11-22/h4-9,12H,2-3,10-11,13H2,1H3,(H,21,23). The highest BCUT2D eigenvalue weighted by Crippen LogP contribution is 2.13. The van der Waals surface area contributed by atoms with Crippen molar-refractivity contribution in [3.63, 3.8) is 0 Å². The number of nitrogens with zero attached hydrogens (tertiary/aromatic N) is 2. The van der Waals surface area contributed by atoms with Gasteiger partial charge < -0.3 is 10.2 Å². The van der Waals surface area contributed by atoms with Crippen molar-refractivity contribution in [2.45, 2.75) is 26.3 Å². The van der Waals surface area contributed by atoms with E-state index in [1.165, 1.54) is 11.8 Å². The molecule has 1 aromatic carbocycles. The second kappa shape index (κ2) is 7.25. The van der Waals surface area contributed by atoms with Gasteiger partial charge in [0.15, 0.2) is 0 Å². The first-order valence-electron chi connectivity index (χ1n) is 8.22. The largest absolute Gasteiger partial charge is 0.347 e. The zero-order chi connectivity index (χ0) is 16.9. The van der Waals surface area contributed by atoms with E-state index in [4.69, 9.17) is 0 Å². The summed E-state index contributed by atoms with van der Waals surface area (Å²) in [6.45, 7) is 4.03. The summed E-state index contributed by atoms with van der Waals surface area (Å²) in [4.78, 5) is 30.6. The van der Waals surface area contributed by atoms with E-state index in [1.807, 2.05) is 36.1 Å². The van der Waals surface area contributed by atoms with Gasteiger partial charge in [0.1, 0.15) is 5.69 Å². The molecule has 0 spiro atoms. The number of benzene rings is 1. The summed E-state index contributed by atoms with van der Waals surface area (Å²) in [7, 11) is 0. The van der Waals surface area contributed by atoms with Gasteiger partial charge in [-0.1, -0.05) is 29.8 Å². The minimum absolute atomic E-state index is 0.0255. The normalized spacial score (nSPS) is 13.8. The quantitative estimate of drug-likeness (QED) is 0.940. The first-order chi connectivity index (χ1) is 11.6. The molecule has 0 atom stereocenters. The number of carbonyl (C=O) groups is 2. The summed E-state index contributed by atoms with van der Waals surface area (Å²) in [5, 5.41) is 2.84. The molecule has 5 nitrogen and oxygen atoms in total. The molecule has 1 aliphatic rings. The van der Waals surface area contributed by atoms with Crippen LogP contribution in [0.2, 0.25) is 0 Å². The fourth-order valence-corrected chi connectivity index (χ4v) is 2.77. The molecule has 2 aromatic rings. The van der Waals surface area contributed by atoms with Crippen molar-refractivity contribution in [2.24, 2.45) is 0 Å². The molecular weight excluding hydrogens is 302 g/mol. The van der Waals surface area contributed by atoms with Gasteiger partial charge in [-0.3, -0.25) is 14.6 Å². The smallest absolute Gasteiger partial charge is 0.270 e. The highest BCUT2D eigenvalue weighted by Gasteiger charge is 2.20. The molecule has 124 valence electrons. The van der Waals surface area contributed by atoms with Gasteiger partial charge in [0, 0.05) is 31.4 Å². The molecule has 0 unspecified atom stereocenters. The van der Waals surface area contributed by atoms with Crippen LogP contribution >= 0.6 is 0 Å². The van der Waals surface area contributed by atoms with E-state index in [2.05, 4.69) is 10.3 Å². The molecule has 3 rings (SSSR count). The lowest BCUT2D eigenvalue weighted by Crippen LogP contribution is -2.28. The third kappa shape index (κ3) is 3.79. The topological polar surface area (TPSA) is 62.3 Å². The van der Waals surface area contributed by atoms with Crippen molar-refractivity contribution < 1.29 is 9.59 Å². The maximum absolute atomic E-state index is 12.4. The second-order valence-corrected chi connectivity index (χ2v) is 6.10. The van der Waals surface area contributed by atoms with Crippen molar-refractivity contribution in [1.29, 1.82) is 0 Å². The molecule has 0 saturated carbocycles. The molecule has 1 aromatic heterocycles. The van der Waals surface area contributed by atoms with Crippen molar-refractivity contribution >= 4 is 11.8 Å². The van der Waals surface area contributed by atoms with E-state index in [0.717, 1.165) is 31.5 Å². The average Bonchev–Trinajstić information content (AvgIpc) is 3.15. The Morgan fingerprint density at radius 2 is 1.83 bits per heavy atom. The van der Waals surface area contributed by atoms with Gasteiger partial charge >= 0.3 is 0 Å². The molecule has 24 heavy (non-hydrogen) atoms. The molecule has 1 aliphatic heterocycles. The van der Waals surface area contributed by atoms with Gasteiger partial charge in [0.05, 0.1) is 0 Å². The molecule has 0 radical (unpaired) electrons. The molecule has 0 bridgehead atoms. The van der Waals surface area contributed by atoms with Crippen LogP contribution in [0.3, 0.4) is 0 Å². The van der Waals surface area contributed by atoms with E-state index < -0.39 is 0 Å². The van der Waals surface area contributed by atoms with Crippen LogP contribution in [0.15, 0.2) is 42.6 Å². The Bertz CT molecular complexity index is 735. The molecular formula is C19H21N3O2. The van der Waals surface area contributed by atoms with Gasteiger partial charge in [-0.2, -0.15) is 0 Å². The predicted octanol–water partition coefficient (Wildman–Crippen LogP) is 2.56. The van der Waals surface area contributed by atoms with Gasteiger partial charge in [-0.25, -0.2) is 0 Å². The maximum Gasteiger partial charge on any atom is 0.270 e. The number of aromatic nitrogens is 1. The number of hydrogen-bond acceptors (Lipinski definition) is 3. The predicted molar refractivity (Wildman–Crippen MR) is 91.7 cm³/mol. The van der Waals surface area contributed by atoms with Crippen LogP contribution < -0.4 is 5.32 Å². The molecule has 1 N–H and O–H groups in total. The summed E-state index contributed by atoms with van der Waals surface area (Å²) < 4.78 is 0. The molecule has 2 amide bonds. The Morgan fingerprint density at radius 3 is 2.54 bits per heavy atom.